The third kappa shape index (κ3) is 12.7. The average molecular weight is 616 g/mol. The van der Waals surface area contributed by atoms with E-state index in [-0.39, 0.29) is 22.9 Å². The van der Waals surface area contributed by atoms with Crippen LogP contribution in [0.25, 0.3) is 0 Å². The van der Waals surface area contributed by atoms with Crippen LogP contribution in [0.1, 0.15) is 100 Å². The lowest BCUT2D eigenvalue weighted by Gasteiger charge is -2.22. The summed E-state index contributed by atoms with van der Waals surface area (Å²) in [6, 6.07) is 16.5. The number of carbonyl (C=O) groups is 1. The molecular weight excluding hydrogens is 568 g/mol. The van der Waals surface area contributed by atoms with Gasteiger partial charge in [-0.2, -0.15) is 4.57 Å². The maximum Gasteiger partial charge on any atom is 0.225 e. The number of nitrogens with zero attached hydrogens (tertiary/aromatic N) is 2. The first-order valence-electron chi connectivity index (χ1n) is 14.6. The van der Waals surface area contributed by atoms with E-state index >= 15 is 0 Å². The highest BCUT2D eigenvalue weighted by molar-refractivity contribution is 7.09. The van der Waals surface area contributed by atoms with Crippen LogP contribution in [-0.4, -0.2) is 12.5 Å². The minimum atomic E-state index is 0. The van der Waals surface area contributed by atoms with Gasteiger partial charge in [-0.05, 0) is 43.2 Å². The quantitative estimate of drug-likeness (QED) is 0.137. The van der Waals surface area contributed by atoms with Gasteiger partial charge in [0.2, 0.25) is 11.4 Å². The van der Waals surface area contributed by atoms with Gasteiger partial charge in [0.25, 0.3) is 0 Å². The van der Waals surface area contributed by atoms with Crippen LogP contribution in [0.5, 0.6) is 5.75 Å². The summed E-state index contributed by atoms with van der Waals surface area (Å²) >= 11 is 1.74. The van der Waals surface area contributed by atoms with Crippen LogP contribution in [0.4, 0.5) is 5.69 Å². The summed E-state index contributed by atoms with van der Waals surface area (Å²) < 4.78 is 8.25. The lowest BCUT2D eigenvalue weighted by atomic mass is 10.1. The molecule has 0 atom stereocenters. The monoisotopic (exact) mass is 614 g/mol. The summed E-state index contributed by atoms with van der Waals surface area (Å²) in [5.74, 6) is 0.921. The van der Waals surface area contributed by atoms with Crippen molar-refractivity contribution in [2.75, 3.05) is 11.5 Å². The number of hydrogen-bond acceptors (Lipinski definition) is 3. The second kappa shape index (κ2) is 19.0. The van der Waals surface area contributed by atoms with Crippen LogP contribution in [0, 0.1) is 6.92 Å². The maximum atomic E-state index is 12.6. The van der Waals surface area contributed by atoms with Crippen molar-refractivity contribution in [2.24, 2.45) is 0 Å². The molecule has 4 nitrogen and oxygen atoms in total. The summed E-state index contributed by atoms with van der Waals surface area (Å²) in [6.45, 7) is 8.10. The van der Waals surface area contributed by atoms with E-state index in [9.17, 15) is 4.79 Å². The number of anilines is 1. The molecule has 1 aromatic heterocycles. The maximum absolute atomic E-state index is 12.6. The van der Waals surface area contributed by atoms with Gasteiger partial charge in [-0.1, -0.05) is 107 Å². The second-order valence-electron chi connectivity index (χ2n) is 10.4. The molecule has 0 fully saturated rings. The third-order valence-corrected chi connectivity index (χ3v) is 7.80. The van der Waals surface area contributed by atoms with Crippen molar-refractivity contribution in [3.63, 3.8) is 0 Å². The molecule has 0 aliphatic rings. The number of thiazole rings is 1. The molecule has 0 aliphatic heterocycles. The molecule has 0 spiro atoms. The highest BCUT2D eigenvalue weighted by Crippen LogP contribution is 2.22. The Hall–Kier alpha value is -2.18. The molecule has 39 heavy (non-hydrogen) atoms. The summed E-state index contributed by atoms with van der Waals surface area (Å²) in [5, 5.41) is 0. The zero-order chi connectivity index (χ0) is 27.0. The lowest BCUT2D eigenvalue weighted by Crippen LogP contribution is -3.00. The fourth-order valence-electron chi connectivity index (χ4n) is 4.82. The number of carbonyl (C=O) groups excluding carboxylic acids is 1. The number of rotatable bonds is 18. The van der Waals surface area contributed by atoms with E-state index in [1.165, 1.54) is 74.6 Å². The van der Waals surface area contributed by atoms with Crippen LogP contribution >= 0.6 is 11.3 Å². The molecule has 0 aliphatic carbocycles. The zero-order valence-electron chi connectivity index (χ0n) is 24.2. The normalized spacial score (nSPS) is 10.7. The predicted octanol–water partition coefficient (Wildman–Crippen LogP) is 5.64. The molecule has 0 bridgehead atoms. The van der Waals surface area contributed by atoms with E-state index in [0.29, 0.717) is 6.54 Å². The summed E-state index contributed by atoms with van der Waals surface area (Å²) in [7, 11) is 0. The number of aromatic nitrogens is 1. The van der Waals surface area contributed by atoms with E-state index in [1.54, 1.807) is 18.3 Å². The van der Waals surface area contributed by atoms with Gasteiger partial charge in [0, 0.05) is 18.2 Å². The van der Waals surface area contributed by atoms with E-state index in [0.717, 1.165) is 36.6 Å². The Morgan fingerprint density at radius 1 is 0.872 bits per heavy atom. The number of amides is 1. The highest BCUT2D eigenvalue weighted by atomic mass is 79.9. The Balaban J connectivity index is 0.00000533. The zero-order valence-corrected chi connectivity index (χ0v) is 26.6. The Kier molecular flexibility index (Phi) is 16.1. The van der Waals surface area contributed by atoms with E-state index < -0.39 is 0 Å². The molecule has 1 heterocycles. The molecular formula is C33H47BrN2O2S. The van der Waals surface area contributed by atoms with E-state index in [1.807, 2.05) is 29.2 Å². The highest BCUT2D eigenvalue weighted by Gasteiger charge is 2.14. The molecule has 1 amide bonds. The van der Waals surface area contributed by atoms with Crippen LogP contribution in [-0.2, 0) is 17.9 Å². The molecule has 6 heteroatoms. The van der Waals surface area contributed by atoms with Crippen molar-refractivity contribution in [3.8, 4) is 5.75 Å². The molecule has 0 unspecified atom stereocenters. The number of ether oxygens (including phenoxy) is 1. The fourth-order valence-corrected chi connectivity index (χ4v) is 5.45. The summed E-state index contributed by atoms with van der Waals surface area (Å²) in [6.07, 6.45) is 16.8. The van der Waals surface area contributed by atoms with Crippen molar-refractivity contribution in [2.45, 2.75) is 104 Å². The topological polar surface area (TPSA) is 33.4 Å². The van der Waals surface area contributed by atoms with Gasteiger partial charge in [-0.25, -0.2) is 0 Å². The minimum Gasteiger partial charge on any atom is -1.00 e. The Labute approximate surface area is 251 Å². The third-order valence-electron chi connectivity index (χ3n) is 6.94. The van der Waals surface area contributed by atoms with Crippen molar-refractivity contribution in [1.29, 1.82) is 0 Å². The smallest absolute Gasteiger partial charge is 0.225 e. The Morgan fingerprint density at radius 3 is 2.15 bits per heavy atom. The largest absolute Gasteiger partial charge is 1.00 e. The predicted molar refractivity (Wildman–Crippen MR) is 160 cm³/mol. The first-order chi connectivity index (χ1) is 18.5. The van der Waals surface area contributed by atoms with Crippen LogP contribution in [0.15, 0.2) is 60.2 Å². The Morgan fingerprint density at radius 2 is 1.51 bits per heavy atom. The molecule has 214 valence electrons. The molecule has 0 N–H and O–H groups in total. The summed E-state index contributed by atoms with van der Waals surface area (Å²) in [4.78, 5) is 15.7. The van der Waals surface area contributed by atoms with Crippen LogP contribution < -0.4 is 31.2 Å². The standard InChI is InChI=1S/C33H47N2O2S.BrH/c1-4-5-6-7-8-9-10-11-12-13-14-21-37-33-20-16-18-31(23-33)26-35(29(3)36)32-19-15-17-30(22-32)25-34-24-28(2)38-27-34;/h15-20,22-24,27H,4-14,21,25-26H2,1-3H3;1H/q+1;/p-1. The van der Waals surface area contributed by atoms with Gasteiger partial charge in [0.1, 0.15) is 5.75 Å². The number of hydrogen-bond donors (Lipinski definition) is 0. The van der Waals surface area contributed by atoms with E-state index in [2.05, 4.69) is 54.4 Å². The Bertz CT molecular complexity index is 1100. The van der Waals surface area contributed by atoms with Crippen molar-refractivity contribution in [1.82, 2.24) is 0 Å². The lowest BCUT2D eigenvalue weighted by molar-refractivity contribution is -0.683. The molecule has 0 saturated carbocycles. The molecule has 3 rings (SSSR count). The first-order valence-corrected chi connectivity index (χ1v) is 15.5. The average Bonchev–Trinajstić information content (AvgIpc) is 3.32. The number of benzene rings is 2. The minimum absolute atomic E-state index is 0. The van der Waals surface area contributed by atoms with Gasteiger partial charge in [-0.3, -0.25) is 4.79 Å². The molecule has 0 saturated heterocycles. The van der Waals surface area contributed by atoms with Gasteiger partial charge in [0.15, 0.2) is 12.7 Å². The number of unbranched alkanes of at least 4 members (excludes halogenated alkanes) is 10. The van der Waals surface area contributed by atoms with Crippen LogP contribution in [0.3, 0.4) is 0 Å². The van der Waals surface area contributed by atoms with Gasteiger partial charge >= 0.3 is 0 Å². The number of halogens is 1. The van der Waals surface area contributed by atoms with E-state index in [4.69, 9.17) is 4.74 Å². The first kappa shape index (κ1) is 33.0. The van der Waals surface area contributed by atoms with Crippen molar-refractivity contribution < 1.29 is 31.1 Å². The van der Waals surface area contributed by atoms with Gasteiger partial charge in [-0.15, -0.1) is 0 Å². The van der Waals surface area contributed by atoms with Crippen molar-refractivity contribution in [3.05, 3.63) is 76.2 Å². The van der Waals surface area contributed by atoms with Gasteiger partial charge in [0.05, 0.1) is 18.0 Å². The van der Waals surface area contributed by atoms with Crippen molar-refractivity contribution >= 4 is 22.9 Å². The molecule has 0 radical (unpaired) electrons. The molecule has 2 aromatic carbocycles. The molecule has 3 aromatic rings. The number of aryl methyl sites for hydroxylation is 1. The fraction of sp³-hybridized carbons (Fsp3) is 0.515. The second-order valence-corrected chi connectivity index (χ2v) is 11.5. The summed E-state index contributed by atoms with van der Waals surface area (Å²) in [5.41, 5.74) is 5.31. The van der Waals surface area contributed by atoms with Crippen LogP contribution in [0.2, 0.25) is 0 Å². The SMILES string of the molecule is CCCCCCCCCCCCCOc1cccc(CN(C(C)=O)c2cccc(C[n+]3csc(C)c3)c2)c1.[Br-]. The van der Waals surface area contributed by atoms with Gasteiger partial charge < -0.3 is 26.6 Å².